The zero-order valence-electron chi connectivity index (χ0n) is 11.3. The molecular weight excluding hydrogens is 284 g/mol. The maximum absolute atomic E-state index is 11.1. The van der Waals surface area contributed by atoms with Gasteiger partial charge in [-0.05, 0) is 18.4 Å². The topological polar surface area (TPSA) is 92.5 Å². The highest BCUT2D eigenvalue weighted by molar-refractivity contribution is 6.33. The molecule has 1 aromatic carbocycles. The fraction of sp³-hybridized carbons (Fsp3) is 0.462. The molecule has 0 spiro atoms. The summed E-state index contributed by atoms with van der Waals surface area (Å²) in [4.78, 5) is 21.2. The molecule has 0 fully saturated rings. The molecule has 0 saturated carbocycles. The molecule has 1 unspecified atom stereocenters. The summed E-state index contributed by atoms with van der Waals surface area (Å²) in [6, 6.07) is 4.04. The zero-order chi connectivity index (χ0) is 15.3. The number of nitro benzene ring substituents is 1. The summed E-state index contributed by atoms with van der Waals surface area (Å²) >= 11 is 5.93. The van der Waals surface area contributed by atoms with Crippen LogP contribution >= 0.6 is 11.6 Å². The molecule has 7 heteroatoms. The van der Waals surface area contributed by atoms with Crippen molar-refractivity contribution in [2.45, 2.75) is 20.3 Å². The van der Waals surface area contributed by atoms with E-state index in [0.29, 0.717) is 12.1 Å². The van der Waals surface area contributed by atoms with Crippen LogP contribution in [-0.4, -0.2) is 22.5 Å². The highest BCUT2D eigenvalue weighted by Gasteiger charge is 2.19. The lowest BCUT2D eigenvalue weighted by atomic mass is 9.97. The van der Waals surface area contributed by atoms with Crippen molar-refractivity contribution in [3.8, 4) is 0 Å². The summed E-state index contributed by atoms with van der Waals surface area (Å²) in [6.45, 7) is 4.13. The van der Waals surface area contributed by atoms with Crippen LogP contribution < -0.4 is 5.32 Å². The van der Waals surface area contributed by atoms with Crippen LogP contribution in [0.3, 0.4) is 0 Å². The number of aliphatic carboxylic acids is 1. The molecule has 0 aliphatic heterocycles. The Morgan fingerprint density at radius 1 is 1.50 bits per heavy atom. The predicted octanol–water partition coefficient (Wildman–Crippen LogP) is 3.41. The molecule has 1 rings (SSSR count). The molecule has 1 atom stereocenters. The number of nitrogens with one attached hydrogen (secondary N) is 1. The minimum absolute atomic E-state index is 0.0995. The maximum atomic E-state index is 11.1. The Morgan fingerprint density at radius 3 is 2.60 bits per heavy atom. The van der Waals surface area contributed by atoms with E-state index in [2.05, 4.69) is 5.32 Å². The van der Waals surface area contributed by atoms with Crippen molar-refractivity contribution in [3.05, 3.63) is 33.3 Å². The minimum Gasteiger partial charge on any atom is -0.481 e. The summed E-state index contributed by atoms with van der Waals surface area (Å²) < 4.78 is 0. The number of halogens is 1. The fourth-order valence-corrected chi connectivity index (χ4v) is 2.08. The summed E-state index contributed by atoms with van der Waals surface area (Å²) in [5, 5.41) is 22.8. The van der Waals surface area contributed by atoms with Gasteiger partial charge in [-0.3, -0.25) is 14.9 Å². The van der Waals surface area contributed by atoms with Gasteiger partial charge in [0, 0.05) is 18.7 Å². The molecule has 20 heavy (non-hydrogen) atoms. The standard InChI is InChI=1S/C13H17ClN2O4/c1-8(2)5-9(13(17)18)7-15-12-4-3-10(16(19)20)6-11(12)14/h3-4,6,8-9,15H,5,7H2,1-2H3,(H,17,18). The van der Waals surface area contributed by atoms with Gasteiger partial charge in [0.2, 0.25) is 0 Å². The first-order valence-electron chi connectivity index (χ1n) is 6.22. The summed E-state index contributed by atoms with van der Waals surface area (Å²) in [5.41, 5.74) is 0.393. The van der Waals surface area contributed by atoms with Gasteiger partial charge in [0.05, 0.1) is 21.6 Å². The van der Waals surface area contributed by atoms with Crippen molar-refractivity contribution in [3.63, 3.8) is 0 Å². The lowest BCUT2D eigenvalue weighted by molar-refractivity contribution is -0.384. The molecule has 1 aromatic rings. The van der Waals surface area contributed by atoms with Crippen molar-refractivity contribution in [1.82, 2.24) is 0 Å². The molecule has 0 saturated heterocycles. The molecular formula is C13H17ClN2O4. The van der Waals surface area contributed by atoms with Crippen LogP contribution in [0.4, 0.5) is 11.4 Å². The third-order valence-corrected chi connectivity index (χ3v) is 3.12. The molecule has 0 heterocycles. The summed E-state index contributed by atoms with van der Waals surface area (Å²) in [6.07, 6.45) is 0.549. The van der Waals surface area contributed by atoms with E-state index in [0.717, 1.165) is 0 Å². The zero-order valence-corrected chi connectivity index (χ0v) is 12.1. The van der Waals surface area contributed by atoms with Crippen LogP contribution in [-0.2, 0) is 4.79 Å². The summed E-state index contributed by atoms with van der Waals surface area (Å²) in [5.74, 6) is -1.13. The van der Waals surface area contributed by atoms with E-state index >= 15 is 0 Å². The summed E-state index contributed by atoms with van der Waals surface area (Å²) in [7, 11) is 0. The number of anilines is 1. The minimum atomic E-state index is -0.871. The lowest BCUT2D eigenvalue weighted by Crippen LogP contribution is -2.24. The van der Waals surface area contributed by atoms with Gasteiger partial charge >= 0.3 is 5.97 Å². The molecule has 0 aromatic heterocycles. The number of carboxylic acid groups (broad SMARTS) is 1. The van der Waals surface area contributed by atoms with Crippen molar-refractivity contribution < 1.29 is 14.8 Å². The maximum Gasteiger partial charge on any atom is 0.308 e. The SMILES string of the molecule is CC(C)CC(CNc1ccc([N+](=O)[O-])cc1Cl)C(=O)O. The normalized spacial score (nSPS) is 12.2. The Labute approximate surface area is 121 Å². The molecule has 0 aliphatic carbocycles. The van der Waals surface area contributed by atoms with Crippen molar-refractivity contribution >= 4 is 28.9 Å². The average molecular weight is 301 g/mol. The third-order valence-electron chi connectivity index (χ3n) is 2.81. The first kappa shape index (κ1) is 16.2. The van der Waals surface area contributed by atoms with Crippen LogP contribution in [0.5, 0.6) is 0 Å². The molecule has 6 nitrogen and oxygen atoms in total. The number of hydrogen-bond acceptors (Lipinski definition) is 4. The number of nitro groups is 1. The Bertz CT molecular complexity index is 505. The second kappa shape index (κ2) is 7.09. The largest absolute Gasteiger partial charge is 0.481 e. The number of carboxylic acids is 1. The number of nitrogens with zero attached hydrogens (tertiary/aromatic N) is 1. The van der Waals surface area contributed by atoms with Gasteiger partial charge in [0.1, 0.15) is 0 Å². The van der Waals surface area contributed by atoms with Gasteiger partial charge < -0.3 is 10.4 Å². The molecule has 2 N–H and O–H groups in total. The Hall–Kier alpha value is -1.82. The van der Waals surface area contributed by atoms with Gasteiger partial charge in [-0.1, -0.05) is 25.4 Å². The predicted molar refractivity (Wildman–Crippen MR) is 77.2 cm³/mol. The molecule has 110 valence electrons. The van der Waals surface area contributed by atoms with Crippen LogP contribution in [0, 0.1) is 22.0 Å². The second-order valence-electron chi connectivity index (χ2n) is 4.97. The van der Waals surface area contributed by atoms with Crippen LogP contribution in [0.15, 0.2) is 18.2 Å². The van der Waals surface area contributed by atoms with E-state index in [9.17, 15) is 14.9 Å². The van der Waals surface area contributed by atoms with E-state index in [4.69, 9.17) is 16.7 Å². The second-order valence-corrected chi connectivity index (χ2v) is 5.37. The fourth-order valence-electron chi connectivity index (χ4n) is 1.83. The van der Waals surface area contributed by atoms with E-state index in [1.54, 1.807) is 0 Å². The van der Waals surface area contributed by atoms with E-state index < -0.39 is 16.8 Å². The van der Waals surface area contributed by atoms with Crippen LogP contribution in [0.1, 0.15) is 20.3 Å². The molecule has 0 bridgehead atoms. The van der Waals surface area contributed by atoms with E-state index in [1.165, 1.54) is 18.2 Å². The van der Waals surface area contributed by atoms with Crippen LogP contribution in [0.2, 0.25) is 5.02 Å². The monoisotopic (exact) mass is 300 g/mol. The smallest absolute Gasteiger partial charge is 0.308 e. The van der Waals surface area contributed by atoms with Gasteiger partial charge in [-0.25, -0.2) is 0 Å². The lowest BCUT2D eigenvalue weighted by Gasteiger charge is -2.16. The highest BCUT2D eigenvalue weighted by atomic mass is 35.5. The van der Waals surface area contributed by atoms with Crippen molar-refractivity contribution in [2.24, 2.45) is 11.8 Å². The average Bonchev–Trinajstić information content (AvgIpc) is 2.34. The highest BCUT2D eigenvalue weighted by Crippen LogP contribution is 2.27. The van der Waals surface area contributed by atoms with Crippen LogP contribution in [0.25, 0.3) is 0 Å². The van der Waals surface area contributed by atoms with E-state index in [-0.39, 0.29) is 23.2 Å². The number of non-ortho nitro benzene ring substituents is 1. The van der Waals surface area contributed by atoms with Gasteiger partial charge in [-0.2, -0.15) is 0 Å². The Morgan fingerprint density at radius 2 is 2.15 bits per heavy atom. The first-order chi connectivity index (χ1) is 9.31. The number of rotatable bonds is 7. The van der Waals surface area contributed by atoms with Gasteiger partial charge in [0.25, 0.3) is 5.69 Å². The number of benzene rings is 1. The van der Waals surface area contributed by atoms with Gasteiger partial charge in [-0.15, -0.1) is 0 Å². The molecule has 0 aliphatic rings. The van der Waals surface area contributed by atoms with E-state index in [1.807, 2.05) is 13.8 Å². The molecule has 0 radical (unpaired) electrons. The Balaban J connectivity index is 2.73. The van der Waals surface area contributed by atoms with Gasteiger partial charge in [0.15, 0.2) is 0 Å². The third kappa shape index (κ3) is 4.70. The Kier molecular flexibility index (Phi) is 5.76. The van der Waals surface area contributed by atoms with Crippen molar-refractivity contribution in [1.29, 1.82) is 0 Å². The number of hydrogen-bond donors (Lipinski definition) is 2. The molecule has 0 amide bonds. The van der Waals surface area contributed by atoms with Crippen molar-refractivity contribution in [2.75, 3.05) is 11.9 Å². The number of carbonyl (C=O) groups is 1. The first-order valence-corrected chi connectivity index (χ1v) is 6.59. The quantitative estimate of drug-likeness (QED) is 0.594.